The Hall–Kier alpha value is -0.890. The molecular formula is C10H19N3O3S. The summed E-state index contributed by atoms with van der Waals surface area (Å²) in [5.74, 6) is 0. The topological polar surface area (TPSA) is 72.4 Å². The Balaban J connectivity index is 2.80. The van der Waals surface area contributed by atoms with E-state index in [0.29, 0.717) is 13.2 Å². The summed E-state index contributed by atoms with van der Waals surface area (Å²) in [6.45, 7) is 1.26. The van der Waals surface area contributed by atoms with Gasteiger partial charge in [-0.2, -0.15) is 0 Å². The maximum atomic E-state index is 11.9. The zero-order valence-electron chi connectivity index (χ0n) is 10.4. The molecule has 0 bridgehead atoms. The van der Waals surface area contributed by atoms with E-state index in [1.54, 1.807) is 16.8 Å². The quantitative estimate of drug-likeness (QED) is 0.659. The number of methoxy groups -OCH3 is 1. The van der Waals surface area contributed by atoms with Crippen LogP contribution in [0.15, 0.2) is 17.2 Å². The van der Waals surface area contributed by atoms with E-state index in [2.05, 4.69) is 10.0 Å². The van der Waals surface area contributed by atoms with Crippen molar-refractivity contribution in [2.24, 2.45) is 7.05 Å². The van der Waals surface area contributed by atoms with Crippen LogP contribution in [0.25, 0.3) is 0 Å². The molecule has 0 radical (unpaired) electrons. The van der Waals surface area contributed by atoms with Gasteiger partial charge in [0.05, 0.1) is 11.5 Å². The Bertz CT molecular complexity index is 453. The minimum absolute atomic E-state index is 0.273. The summed E-state index contributed by atoms with van der Waals surface area (Å²) >= 11 is 0. The molecule has 0 atom stereocenters. The van der Waals surface area contributed by atoms with Crippen molar-refractivity contribution in [1.82, 2.24) is 14.6 Å². The van der Waals surface area contributed by atoms with Gasteiger partial charge in [0.2, 0.25) is 10.0 Å². The molecule has 6 nitrogen and oxygen atoms in total. The third-order valence-electron chi connectivity index (χ3n) is 2.35. The predicted molar refractivity (Wildman–Crippen MR) is 65.2 cm³/mol. The third kappa shape index (κ3) is 3.81. The highest BCUT2D eigenvalue weighted by molar-refractivity contribution is 7.89. The maximum absolute atomic E-state index is 11.9. The highest BCUT2D eigenvalue weighted by Crippen LogP contribution is 2.12. The first-order valence-corrected chi connectivity index (χ1v) is 6.78. The second kappa shape index (κ2) is 6.15. The van der Waals surface area contributed by atoms with Crippen LogP contribution in [0.3, 0.4) is 0 Å². The molecule has 0 amide bonds. The van der Waals surface area contributed by atoms with E-state index in [-0.39, 0.29) is 11.4 Å². The second-order valence-corrected chi connectivity index (χ2v) is 5.47. The van der Waals surface area contributed by atoms with Crippen LogP contribution in [0.1, 0.15) is 5.69 Å². The van der Waals surface area contributed by atoms with Crippen molar-refractivity contribution in [3.63, 3.8) is 0 Å². The molecule has 1 aromatic rings. The molecule has 7 heteroatoms. The van der Waals surface area contributed by atoms with Crippen molar-refractivity contribution in [1.29, 1.82) is 0 Å². The fourth-order valence-corrected chi connectivity index (χ4v) is 2.55. The first-order chi connectivity index (χ1) is 8.01. The zero-order valence-corrected chi connectivity index (χ0v) is 11.2. The number of hydrogen-bond donors (Lipinski definition) is 2. The van der Waals surface area contributed by atoms with E-state index >= 15 is 0 Å². The van der Waals surface area contributed by atoms with Gasteiger partial charge in [-0.05, 0) is 13.1 Å². The van der Waals surface area contributed by atoms with E-state index in [0.717, 1.165) is 5.69 Å². The molecule has 0 aliphatic rings. The number of nitrogens with zero attached hydrogens (tertiary/aromatic N) is 1. The van der Waals surface area contributed by atoms with Crippen LogP contribution < -0.4 is 10.0 Å². The van der Waals surface area contributed by atoms with Crippen LogP contribution >= 0.6 is 0 Å². The molecule has 1 aromatic heterocycles. The number of hydrogen-bond acceptors (Lipinski definition) is 4. The van der Waals surface area contributed by atoms with Crippen LogP contribution in [0.2, 0.25) is 0 Å². The molecule has 17 heavy (non-hydrogen) atoms. The molecule has 1 heterocycles. The molecule has 0 fully saturated rings. The summed E-state index contributed by atoms with van der Waals surface area (Å²) in [7, 11) is 1.74. The zero-order chi connectivity index (χ0) is 12.9. The molecule has 0 aliphatic heterocycles. The summed E-state index contributed by atoms with van der Waals surface area (Å²) in [5, 5.41) is 2.99. The minimum atomic E-state index is -3.43. The van der Waals surface area contributed by atoms with Gasteiger partial charge in [-0.25, -0.2) is 13.1 Å². The van der Waals surface area contributed by atoms with Crippen molar-refractivity contribution >= 4 is 10.0 Å². The highest BCUT2D eigenvalue weighted by atomic mass is 32.2. The lowest BCUT2D eigenvalue weighted by molar-refractivity contribution is 0.204. The lowest BCUT2D eigenvalue weighted by atomic mass is 10.4. The molecule has 2 N–H and O–H groups in total. The Labute approximate surface area is 102 Å². The van der Waals surface area contributed by atoms with Crippen LogP contribution in [0.5, 0.6) is 0 Å². The SMILES string of the molecule is CNCc1cc(S(=O)(=O)NCCOC)cn1C. The van der Waals surface area contributed by atoms with Crippen molar-refractivity contribution in [3.8, 4) is 0 Å². The van der Waals surface area contributed by atoms with Gasteiger partial charge in [-0.3, -0.25) is 0 Å². The van der Waals surface area contributed by atoms with Crippen molar-refractivity contribution in [2.75, 3.05) is 27.3 Å². The first kappa shape index (κ1) is 14.2. The molecule has 0 spiro atoms. The van der Waals surface area contributed by atoms with Gasteiger partial charge < -0.3 is 14.6 Å². The molecule has 98 valence electrons. The average molecular weight is 261 g/mol. The first-order valence-electron chi connectivity index (χ1n) is 5.29. The van der Waals surface area contributed by atoms with Gasteiger partial charge >= 0.3 is 0 Å². The van der Waals surface area contributed by atoms with Crippen LogP contribution in [-0.2, 0) is 28.4 Å². The van der Waals surface area contributed by atoms with Gasteiger partial charge in [0, 0.05) is 39.1 Å². The van der Waals surface area contributed by atoms with Gasteiger partial charge in [-0.1, -0.05) is 0 Å². The van der Waals surface area contributed by atoms with E-state index in [4.69, 9.17) is 4.74 Å². The van der Waals surface area contributed by atoms with Crippen molar-refractivity contribution < 1.29 is 13.2 Å². The Morgan fingerprint density at radius 3 is 2.76 bits per heavy atom. The molecule has 0 saturated heterocycles. The summed E-state index contributed by atoms with van der Waals surface area (Å²) in [5.41, 5.74) is 0.916. The largest absolute Gasteiger partial charge is 0.383 e. The molecule has 0 aromatic carbocycles. The molecule has 0 saturated carbocycles. The Kier molecular flexibility index (Phi) is 5.13. The lowest BCUT2D eigenvalue weighted by Gasteiger charge is -2.03. The van der Waals surface area contributed by atoms with Gasteiger partial charge in [0.25, 0.3) is 0 Å². The summed E-state index contributed by atoms with van der Waals surface area (Å²) < 4.78 is 32.8. The summed E-state index contributed by atoms with van der Waals surface area (Å²) in [6, 6.07) is 1.66. The van der Waals surface area contributed by atoms with E-state index in [1.807, 2.05) is 14.1 Å². The number of aromatic nitrogens is 1. The maximum Gasteiger partial charge on any atom is 0.242 e. The highest BCUT2D eigenvalue weighted by Gasteiger charge is 2.16. The Morgan fingerprint density at radius 2 is 2.18 bits per heavy atom. The van der Waals surface area contributed by atoms with Crippen LogP contribution in [0, 0.1) is 0 Å². The minimum Gasteiger partial charge on any atom is -0.383 e. The van der Waals surface area contributed by atoms with Gasteiger partial charge in [0.15, 0.2) is 0 Å². The smallest absolute Gasteiger partial charge is 0.242 e. The normalized spacial score (nSPS) is 11.9. The monoisotopic (exact) mass is 261 g/mol. The lowest BCUT2D eigenvalue weighted by Crippen LogP contribution is -2.26. The third-order valence-corrected chi connectivity index (χ3v) is 3.78. The number of aryl methyl sites for hydroxylation is 1. The van der Waals surface area contributed by atoms with Crippen molar-refractivity contribution in [3.05, 3.63) is 18.0 Å². The molecular weight excluding hydrogens is 242 g/mol. The average Bonchev–Trinajstić information content (AvgIpc) is 2.62. The second-order valence-electron chi connectivity index (χ2n) is 3.70. The van der Waals surface area contributed by atoms with E-state index < -0.39 is 10.0 Å². The van der Waals surface area contributed by atoms with Crippen LogP contribution in [-0.4, -0.2) is 40.3 Å². The predicted octanol–water partition coefficient (Wildman–Crippen LogP) is -0.331. The summed E-state index contributed by atoms with van der Waals surface area (Å²) in [4.78, 5) is 0.279. The van der Waals surface area contributed by atoms with E-state index in [1.165, 1.54) is 7.11 Å². The number of rotatable bonds is 7. The number of ether oxygens (including phenoxy) is 1. The Morgan fingerprint density at radius 1 is 1.47 bits per heavy atom. The molecule has 1 rings (SSSR count). The van der Waals surface area contributed by atoms with Gasteiger partial charge in [-0.15, -0.1) is 0 Å². The fraction of sp³-hybridized carbons (Fsp3) is 0.600. The molecule has 0 unspecified atom stereocenters. The van der Waals surface area contributed by atoms with Gasteiger partial charge in [0.1, 0.15) is 0 Å². The number of nitrogens with one attached hydrogen (secondary N) is 2. The number of sulfonamides is 1. The fourth-order valence-electron chi connectivity index (χ4n) is 1.44. The standard InChI is InChI=1S/C10H19N3O3S/c1-11-7-9-6-10(8-13(9)2)17(14,15)12-4-5-16-3/h6,8,11-12H,4-5,7H2,1-3H3. The van der Waals surface area contributed by atoms with Crippen molar-refractivity contribution in [2.45, 2.75) is 11.4 Å². The summed E-state index contributed by atoms with van der Waals surface area (Å²) in [6.07, 6.45) is 1.60. The molecule has 0 aliphatic carbocycles. The van der Waals surface area contributed by atoms with E-state index in [9.17, 15) is 8.42 Å². The van der Waals surface area contributed by atoms with Crippen LogP contribution in [0.4, 0.5) is 0 Å².